The number of aromatic nitrogens is 3. The highest BCUT2D eigenvalue weighted by Gasteiger charge is 2.35. The van der Waals surface area contributed by atoms with Crippen molar-refractivity contribution in [2.24, 2.45) is 0 Å². The van der Waals surface area contributed by atoms with Crippen molar-refractivity contribution in [3.05, 3.63) is 34.6 Å². The Morgan fingerprint density at radius 1 is 1.40 bits per heavy atom. The summed E-state index contributed by atoms with van der Waals surface area (Å²) >= 11 is 0. The van der Waals surface area contributed by atoms with E-state index < -0.39 is 0 Å². The van der Waals surface area contributed by atoms with Gasteiger partial charge >= 0.3 is 5.97 Å². The van der Waals surface area contributed by atoms with E-state index in [-0.39, 0.29) is 42.0 Å². The molecule has 0 radical (unpaired) electrons. The molecule has 0 aromatic carbocycles. The van der Waals surface area contributed by atoms with Gasteiger partial charge in [0.15, 0.2) is 0 Å². The maximum Gasteiger partial charge on any atom is 0.306 e. The monoisotopic (exact) mass is 346 g/mol. The third kappa shape index (κ3) is 3.76. The van der Waals surface area contributed by atoms with Crippen LogP contribution in [0.3, 0.4) is 0 Å². The Kier molecular flexibility index (Phi) is 4.92. The summed E-state index contributed by atoms with van der Waals surface area (Å²) in [5, 5.41) is 3.83. The molecule has 0 unspecified atom stereocenters. The second-order valence-electron chi connectivity index (χ2n) is 5.67. The molecule has 2 aromatic heterocycles. The molecule has 3 heterocycles. The molecule has 1 aliphatic heterocycles. The van der Waals surface area contributed by atoms with Crippen molar-refractivity contribution in [2.75, 3.05) is 19.7 Å². The number of esters is 1. The largest absolute Gasteiger partial charge is 0.466 e. The number of aromatic amines is 1. The molecule has 0 saturated carbocycles. The normalized spacial score (nSPS) is 14.2. The average Bonchev–Trinajstić information content (AvgIpc) is 3.01. The fourth-order valence-corrected chi connectivity index (χ4v) is 2.55. The molecule has 9 heteroatoms. The number of amides is 1. The van der Waals surface area contributed by atoms with Crippen LogP contribution in [0.4, 0.5) is 0 Å². The summed E-state index contributed by atoms with van der Waals surface area (Å²) in [4.78, 5) is 43.4. The van der Waals surface area contributed by atoms with Crippen molar-refractivity contribution < 1.29 is 18.8 Å². The minimum Gasteiger partial charge on any atom is -0.466 e. The van der Waals surface area contributed by atoms with E-state index in [0.29, 0.717) is 31.2 Å². The first-order valence-electron chi connectivity index (χ1n) is 8.03. The van der Waals surface area contributed by atoms with Gasteiger partial charge in [-0.3, -0.25) is 14.4 Å². The minimum atomic E-state index is -0.373. The fraction of sp³-hybridized carbons (Fsp3) is 0.438. The Bertz CT molecular complexity index is 822. The number of likely N-dealkylation sites (tertiary alicyclic amines) is 1. The van der Waals surface area contributed by atoms with Crippen LogP contribution in [0.25, 0.3) is 11.4 Å². The number of rotatable bonds is 6. The Labute approximate surface area is 143 Å². The summed E-state index contributed by atoms with van der Waals surface area (Å²) in [7, 11) is 0. The molecular weight excluding hydrogens is 328 g/mol. The summed E-state index contributed by atoms with van der Waals surface area (Å²) in [6.07, 6.45) is 1.73. The van der Waals surface area contributed by atoms with Crippen molar-refractivity contribution in [3.63, 3.8) is 0 Å². The number of H-pyrrole nitrogens is 1. The highest BCUT2D eigenvalue weighted by Crippen LogP contribution is 2.27. The average molecular weight is 346 g/mol. The number of nitrogens with zero attached hydrogens (tertiary/aromatic N) is 3. The van der Waals surface area contributed by atoms with Crippen LogP contribution in [-0.2, 0) is 14.3 Å². The lowest BCUT2D eigenvalue weighted by Crippen LogP contribution is -2.48. The van der Waals surface area contributed by atoms with Crippen LogP contribution in [0.2, 0.25) is 0 Å². The molecule has 3 rings (SSSR count). The second kappa shape index (κ2) is 7.29. The predicted octanol–water partition coefficient (Wildman–Crippen LogP) is 0.694. The first-order chi connectivity index (χ1) is 12.1. The molecule has 1 fully saturated rings. The summed E-state index contributed by atoms with van der Waals surface area (Å²) in [5.41, 5.74) is 0.0402. The van der Waals surface area contributed by atoms with Gasteiger partial charge in [-0.2, -0.15) is 4.98 Å². The summed E-state index contributed by atoms with van der Waals surface area (Å²) in [6.45, 7) is 2.94. The lowest BCUT2D eigenvalue weighted by atomic mass is 9.99. The van der Waals surface area contributed by atoms with Gasteiger partial charge in [-0.25, -0.2) is 0 Å². The van der Waals surface area contributed by atoms with Crippen LogP contribution in [0, 0.1) is 0 Å². The molecule has 0 aliphatic carbocycles. The van der Waals surface area contributed by atoms with E-state index in [1.165, 1.54) is 6.20 Å². The van der Waals surface area contributed by atoms with E-state index in [2.05, 4.69) is 15.1 Å². The standard InChI is InChI=1S/C16H18N4O5/c1-2-24-13(22)6-5-12(21)20-8-10(9-20)16-18-14(19-25-16)11-4-3-7-17-15(11)23/h3-4,7,10H,2,5-6,8-9H2,1H3,(H,17,23). The topological polar surface area (TPSA) is 118 Å². The lowest BCUT2D eigenvalue weighted by molar-refractivity contribution is -0.146. The molecule has 132 valence electrons. The van der Waals surface area contributed by atoms with E-state index in [1.54, 1.807) is 24.0 Å². The van der Waals surface area contributed by atoms with Crippen molar-refractivity contribution in [1.29, 1.82) is 0 Å². The van der Waals surface area contributed by atoms with Crippen molar-refractivity contribution >= 4 is 11.9 Å². The Hall–Kier alpha value is -2.97. The van der Waals surface area contributed by atoms with Gasteiger partial charge in [0.25, 0.3) is 5.56 Å². The summed E-state index contributed by atoms with van der Waals surface area (Å²) in [5.74, 6) is 0.0818. The van der Waals surface area contributed by atoms with Gasteiger partial charge in [-0.05, 0) is 19.1 Å². The van der Waals surface area contributed by atoms with Gasteiger partial charge in [-0.1, -0.05) is 5.16 Å². The first-order valence-corrected chi connectivity index (χ1v) is 8.03. The second-order valence-corrected chi connectivity index (χ2v) is 5.67. The van der Waals surface area contributed by atoms with Crippen LogP contribution >= 0.6 is 0 Å². The number of nitrogens with one attached hydrogen (secondary N) is 1. The number of pyridine rings is 1. The van der Waals surface area contributed by atoms with Crippen molar-refractivity contribution in [3.8, 4) is 11.4 Å². The van der Waals surface area contributed by atoms with Crippen molar-refractivity contribution in [2.45, 2.75) is 25.7 Å². The highest BCUT2D eigenvalue weighted by atomic mass is 16.5. The number of hydrogen-bond acceptors (Lipinski definition) is 7. The summed E-state index contributed by atoms with van der Waals surface area (Å²) in [6, 6.07) is 3.29. The molecule has 25 heavy (non-hydrogen) atoms. The molecule has 9 nitrogen and oxygen atoms in total. The van der Waals surface area contributed by atoms with Gasteiger partial charge in [0.1, 0.15) is 0 Å². The number of carbonyl (C=O) groups is 2. The van der Waals surface area contributed by atoms with E-state index in [0.717, 1.165) is 0 Å². The van der Waals surface area contributed by atoms with Gasteiger partial charge in [0.05, 0.1) is 24.5 Å². The van der Waals surface area contributed by atoms with Crippen LogP contribution in [0.15, 0.2) is 27.6 Å². The number of hydrogen-bond donors (Lipinski definition) is 1. The molecule has 1 aliphatic rings. The Morgan fingerprint density at radius 3 is 2.92 bits per heavy atom. The fourth-order valence-electron chi connectivity index (χ4n) is 2.55. The van der Waals surface area contributed by atoms with Gasteiger partial charge in [0, 0.05) is 25.7 Å². The van der Waals surface area contributed by atoms with E-state index in [9.17, 15) is 14.4 Å². The smallest absolute Gasteiger partial charge is 0.306 e. The minimum absolute atomic E-state index is 0.0596. The van der Waals surface area contributed by atoms with Gasteiger partial charge in [0.2, 0.25) is 17.6 Å². The first kappa shape index (κ1) is 16.9. The zero-order chi connectivity index (χ0) is 17.8. The highest BCUT2D eigenvalue weighted by molar-refractivity contribution is 5.82. The van der Waals surface area contributed by atoms with Crippen LogP contribution in [0.1, 0.15) is 31.6 Å². The Balaban J connectivity index is 1.53. The lowest BCUT2D eigenvalue weighted by Gasteiger charge is -2.37. The van der Waals surface area contributed by atoms with Crippen molar-refractivity contribution in [1.82, 2.24) is 20.0 Å². The van der Waals surface area contributed by atoms with Crippen LogP contribution in [0.5, 0.6) is 0 Å². The molecule has 0 bridgehead atoms. The molecule has 2 aromatic rings. The van der Waals surface area contributed by atoms with Gasteiger partial charge in [-0.15, -0.1) is 0 Å². The quantitative estimate of drug-likeness (QED) is 0.765. The molecule has 0 atom stereocenters. The maximum absolute atomic E-state index is 12.0. The molecule has 1 N–H and O–H groups in total. The summed E-state index contributed by atoms with van der Waals surface area (Å²) < 4.78 is 10.0. The third-order valence-electron chi connectivity index (χ3n) is 3.93. The zero-order valence-corrected chi connectivity index (χ0v) is 13.7. The van der Waals surface area contributed by atoms with E-state index >= 15 is 0 Å². The predicted molar refractivity (Wildman–Crippen MR) is 85.5 cm³/mol. The van der Waals surface area contributed by atoms with Crippen LogP contribution in [-0.4, -0.2) is 51.6 Å². The van der Waals surface area contributed by atoms with E-state index in [4.69, 9.17) is 9.26 Å². The number of carbonyl (C=O) groups excluding carboxylic acids is 2. The molecule has 0 spiro atoms. The zero-order valence-electron chi connectivity index (χ0n) is 13.7. The molecule has 1 saturated heterocycles. The van der Waals surface area contributed by atoms with E-state index in [1.807, 2.05) is 0 Å². The van der Waals surface area contributed by atoms with Gasteiger partial charge < -0.3 is 19.1 Å². The number of ether oxygens (including phenoxy) is 1. The maximum atomic E-state index is 12.0. The molecular formula is C16H18N4O5. The molecule has 1 amide bonds. The third-order valence-corrected chi connectivity index (χ3v) is 3.93. The Morgan fingerprint density at radius 2 is 2.20 bits per heavy atom. The SMILES string of the molecule is CCOC(=O)CCC(=O)N1CC(c2nc(-c3ccc[nH]c3=O)no2)C1. The van der Waals surface area contributed by atoms with Crippen LogP contribution < -0.4 is 5.56 Å².